The number of halogens is 1. The number of amides is 2. The first-order valence-electron chi connectivity index (χ1n) is 4.03. The fourth-order valence-electron chi connectivity index (χ4n) is 0.920. The van der Waals surface area contributed by atoms with Crippen molar-refractivity contribution >= 4 is 33.9 Å². The molecule has 16 heavy (non-hydrogen) atoms. The van der Waals surface area contributed by atoms with E-state index in [1.54, 1.807) is 6.07 Å². The number of urea groups is 1. The van der Waals surface area contributed by atoms with Crippen molar-refractivity contribution in [3.8, 4) is 0 Å². The van der Waals surface area contributed by atoms with Gasteiger partial charge in [0.05, 0.1) is 15.6 Å². The number of carbonyl (C=O) groups is 1. The molecule has 3 N–H and O–H groups in total. The Morgan fingerprint density at radius 3 is 2.88 bits per heavy atom. The first-order chi connectivity index (χ1) is 7.50. The number of nitrogens with two attached hydrogens (primary N) is 1. The minimum Gasteiger partial charge on any atom is -0.350 e. The lowest BCUT2D eigenvalue weighted by Gasteiger charge is -1.97. The molecule has 2 amide bonds. The Morgan fingerprint density at radius 2 is 2.31 bits per heavy atom. The summed E-state index contributed by atoms with van der Waals surface area (Å²) in [5, 5.41) is 14.1. The number of carbonyl (C=O) groups excluding carboxylic acids is 1. The summed E-state index contributed by atoms with van der Waals surface area (Å²) in [6, 6.07) is 3.63. The van der Waals surface area contributed by atoms with Crippen LogP contribution < -0.4 is 11.2 Å². The number of hydrogen-bond donors (Lipinski definition) is 2. The molecule has 0 atom stereocenters. The number of rotatable bonds is 3. The van der Waals surface area contributed by atoms with Crippen LogP contribution in [0.15, 0.2) is 27.8 Å². The van der Waals surface area contributed by atoms with Crippen LogP contribution in [0.1, 0.15) is 5.56 Å². The first kappa shape index (κ1) is 12.1. The van der Waals surface area contributed by atoms with Crippen LogP contribution in [-0.4, -0.2) is 17.2 Å². The molecule has 0 aliphatic rings. The molecular formula is C8H7BrN4O3. The maximum absolute atomic E-state index is 10.6. The Hall–Kier alpha value is -1.96. The Morgan fingerprint density at radius 1 is 1.62 bits per heavy atom. The van der Waals surface area contributed by atoms with E-state index < -0.39 is 11.0 Å². The van der Waals surface area contributed by atoms with E-state index in [-0.39, 0.29) is 5.69 Å². The Labute approximate surface area is 98.6 Å². The molecule has 0 fully saturated rings. The van der Waals surface area contributed by atoms with Crippen LogP contribution in [0, 0.1) is 10.1 Å². The molecule has 1 aromatic rings. The monoisotopic (exact) mass is 286 g/mol. The van der Waals surface area contributed by atoms with E-state index in [4.69, 9.17) is 5.73 Å². The summed E-state index contributed by atoms with van der Waals surface area (Å²) in [6.45, 7) is 0. The van der Waals surface area contributed by atoms with Crippen LogP contribution >= 0.6 is 15.9 Å². The lowest BCUT2D eigenvalue weighted by atomic mass is 10.2. The van der Waals surface area contributed by atoms with Gasteiger partial charge in [0.15, 0.2) is 0 Å². The molecule has 0 radical (unpaired) electrons. The van der Waals surface area contributed by atoms with Gasteiger partial charge in [0.1, 0.15) is 0 Å². The summed E-state index contributed by atoms with van der Waals surface area (Å²) in [5.41, 5.74) is 7.16. The third kappa shape index (κ3) is 3.31. The molecule has 0 spiro atoms. The number of hydrazone groups is 1. The third-order valence-electron chi connectivity index (χ3n) is 1.56. The van der Waals surface area contributed by atoms with Crippen molar-refractivity contribution in [1.82, 2.24) is 5.43 Å². The molecule has 84 valence electrons. The zero-order valence-electron chi connectivity index (χ0n) is 7.88. The maximum atomic E-state index is 10.6. The molecule has 7 nitrogen and oxygen atoms in total. The summed E-state index contributed by atoms with van der Waals surface area (Å²) in [7, 11) is 0. The van der Waals surface area contributed by atoms with E-state index in [1.165, 1.54) is 18.3 Å². The molecule has 1 rings (SSSR count). The second-order valence-corrected chi connectivity index (χ2v) is 3.56. The maximum Gasteiger partial charge on any atom is 0.332 e. The predicted octanol–water partition coefficient (Wildman–Crippen LogP) is 1.36. The summed E-state index contributed by atoms with van der Waals surface area (Å²) >= 11 is 3.05. The highest BCUT2D eigenvalue weighted by Gasteiger charge is 2.11. The summed E-state index contributed by atoms with van der Waals surface area (Å²) in [5.74, 6) is 0. The van der Waals surface area contributed by atoms with Crippen molar-refractivity contribution in [3.05, 3.63) is 38.3 Å². The van der Waals surface area contributed by atoms with Gasteiger partial charge in [0.25, 0.3) is 5.69 Å². The average Bonchev–Trinajstić information content (AvgIpc) is 2.19. The lowest BCUT2D eigenvalue weighted by Crippen LogP contribution is -2.24. The van der Waals surface area contributed by atoms with Crippen molar-refractivity contribution in [1.29, 1.82) is 0 Å². The molecule has 0 unspecified atom stereocenters. The molecule has 0 saturated heterocycles. The third-order valence-corrected chi connectivity index (χ3v) is 2.23. The minimum absolute atomic E-state index is 0.0805. The summed E-state index contributed by atoms with van der Waals surface area (Å²) in [6.07, 6.45) is 1.25. The zero-order valence-corrected chi connectivity index (χ0v) is 9.47. The summed E-state index contributed by atoms with van der Waals surface area (Å²) < 4.78 is 0.373. The number of primary amides is 1. The smallest absolute Gasteiger partial charge is 0.332 e. The Balaban J connectivity index is 2.91. The van der Waals surface area contributed by atoms with Gasteiger partial charge in [-0.05, 0) is 22.0 Å². The Bertz CT molecular complexity index is 461. The SMILES string of the molecule is NC(=O)N/N=C\c1ccc(Br)c([N+](=O)[O-])c1. The van der Waals surface area contributed by atoms with Crippen molar-refractivity contribution in [2.75, 3.05) is 0 Å². The van der Waals surface area contributed by atoms with Gasteiger partial charge in [-0.1, -0.05) is 6.07 Å². The first-order valence-corrected chi connectivity index (χ1v) is 4.82. The van der Waals surface area contributed by atoms with Gasteiger partial charge < -0.3 is 5.73 Å². The number of nitro benzene ring substituents is 1. The van der Waals surface area contributed by atoms with Crippen LogP contribution in [0.4, 0.5) is 10.5 Å². The standard InChI is InChI=1S/C8H7BrN4O3/c9-6-2-1-5(3-7(6)13(15)16)4-11-12-8(10)14/h1-4H,(H3,10,12,14)/b11-4-. The highest BCUT2D eigenvalue weighted by atomic mass is 79.9. The number of hydrogen-bond acceptors (Lipinski definition) is 4. The molecule has 0 heterocycles. The molecule has 0 aliphatic heterocycles. The number of benzene rings is 1. The normalized spacial score (nSPS) is 10.3. The molecular weight excluding hydrogens is 280 g/mol. The second kappa shape index (κ2) is 5.21. The van der Waals surface area contributed by atoms with E-state index in [0.717, 1.165) is 0 Å². The fraction of sp³-hybridized carbons (Fsp3) is 0. The molecule has 0 bridgehead atoms. The molecule has 0 aromatic heterocycles. The van der Waals surface area contributed by atoms with Gasteiger partial charge in [0, 0.05) is 11.6 Å². The van der Waals surface area contributed by atoms with Crippen LogP contribution in [0.2, 0.25) is 0 Å². The van der Waals surface area contributed by atoms with E-state index in [1.807, 2.05) is 5.43 Å². The van der Waals surface area contributed by atoms with E-state index >= 15 is 0 Å². The number of nitrogens with zero attached hydrogens (tertiary/aromatic N) is 2. The zero-order chi connectivity index (χ0) is 12.1. The van der Waals surface area contributed by atoms with E-state index in [2.05, 4.69) is 21.0 Å². The largest absolute Gasteiger partial charge is 0.350 e. The van der Waals surface area contributed by atoms with Gasteiger partial charge in [-0.2, -0.15) is 5.10 Å². The molecule has 8 heteroatoms. The highest BCUT2D eigenvalue weighted by molar-refractivity contribution is 9.10. The average molecular weight is 287 g/mol. The van der Waals surface area contributed by atoms with Gasteiger partial charge >= 0.3 is 6.03 Å². The van der Waals surface area contributed by atoms with E-state index in [9.17, 15) is 14.9 Å². The van der Waals surface area contributed by atoms with Crippen molar-refractivity contribution in [3.63, 3.8) is 0 Å². The quantitative estimate of drug-likeness (QED) is 0.497. The minimum atomic E-state index is -0.803. The van der Waals surface area contributed by atoms with Crippen LogP contribution in [0.5, 0.6) is 0 Å². The molecule has 1 aromatic carbocycles. The van der Waals surface area contributed by atoms with Crippen LogP contribution in [-0.2, 0) is 0 Å². The van der Waals surface area contributed by atoms with E-state index in [0.29, 0.717) is 10.0 Å². The Kier molecular flexibility index (Phi) is 3.95. The number of nitro groups is 1. The lowest BCUT2D eigenvalue weighted by molar-refractivity contribution is -0.385. The van der Waals surface area contributed by atoms with Crippen molar-refractivity contribution in [2.24, 2.45) is 10.8 Å². The fourth-order valence-corrected chi connectivity index (χ4v) is 1.31. The number of nitrogens with one attached hydrogen (secondary N) is 1. The van der Waals surface area contributed by atoms with Gasteiger partial charge in [-0.15, -0.1) is 0 Å². The summed E-state index contributed by atoms with van der Waals surface area (Å²) in [4.78, 5) is 20.4. The molecule has 0 saturated carbocycles. The second-order valence-electron chi connectivity index (χ2n) is 2.70. The van der Waals surface area contributed by atoms with Gasteiger partial charge in [-0.3, -0.25) is 10.1 Å². The molecule has 0 aliphatic carbocycles. The van der Waals surface area contributed by atoms with Gasteiger partial charge in [0.2, 0.25) is 0 Å². The van der Waals surface area contributed by atoms with Crippen LogP contribution in [0.3, 0.4) is 0 Å². The van der Waals surface area contributed by atoms with Crippen LogP contribution in [0.25, 0.3) is 0 Å². The van der Waals surface area contributed by atoms with Crippen molar-refractivity contribution < 1.29 is 9.72 Å². The van der Waals surface area contributed by atoms with Gasteiger partial charge in [-0.25, -0.2) is 10.2 Å². The topological polar surface area (TPSA) is 111 Å². The van der Waals surface area contributed by atoms with Crippen molar-refractivity contribution in [2.45, 2.75) is 0 Å². The highest BCUT2D eigenvalue weighted by Crippen LogP contribution is 2.24. The predicted molar refractivity (Wildman–Crippen MR) is 61.1 cm³/mol.